The van der Waals surface area contributed by atoms with Gasteiger partial charge >= 0.3 is 0 Å². The Bertz CT molecular complexity index is 467. The molecule has 2 N–H and O–H groups in total. The summed E-state index contributed by atoms with van der Waals surface area (Å²) in [5.74, 6) is -0.141. The lowest BCUT2D eigenvalue weighted by Gasteiger charge is -2.26. The molecule has 0 spiro atoms. The normalized spacial score (nSPS) is 14.8. The van der Waals surface area contributed by atoms with Gasteiger partial charge in [-0.15, -0.1) is 0 Å². The number of nitrogens with zero attached hydrogens (tertiary/aromatic N) is 1. The number of hydrogen-bond acceptors (Lipinski definition) is 3. The van der Waals surface area contributed by atoms with E-state index >= 15 is 0 Å². The molecule has 1 saturated heterocycles. The van der Waals surface area contributed by atoms with Gasteiger partial charge in [-0.1, -0.05) is 12.1 Å². The minimum absolute atomic E-state index is 0.00696. The minimum atomic E-state index is -0.113. The first kappa shape index (κ1) is 12.6. The topological polar surface area (TPSA) is 61.4 Å². The molecule has 0 saturated carbocycles. The first-order chi connectivity index (χ1) is 8.59. The molecular formula is C13H17N3O2. The van der Waals surface area contributed by atoms with Crippen molar-refractivity contribution in [2.75, 3.05) is 32.5 Å². The van der Waals surface area contributed by atoms with Crippen LogP contribution in [0.2, 0.25) is 0 Å². The van der Waals surface area contributed by atoms with Gasteiger partial charge in [0.1, 0.15) is 0 Å². The van der Waals surface area contributed by atoms with Crippen molar-refractivity contribution in [3.05, 3.63) is 29.8 Å². The van der Waals surface area contributed by atoms with Gasteiger partial charge in [0, 0.05) is 27.2 Å². The number of carbonyl (C=O) groups is 2. The van der Waals surface area contributed by atoms with Gasteiger partial charge in [-0.25, -0.2) is 0 Å². The lowest BCUT2D eigenvalue weighted by Crippen LogP contribution is -2.48. The van der Waals surface area contributed by atoms with Crippen LogP contribution in [0.15, 0.2) is 24.3 Å². The van der Waals surface area contributed by atoms with Gasteiger partial charge in [0.2, 0.25) is 5.91 Å². The zero-order chi connectivity index (χ0) is 13.1. The van der Waals surface area contributed by atoms with Crippen LogP contribution in [0.4, 0.5) is 5.69 Å². The van der Waals surface area contributed by atoms with Crippen molar-refractivity contribution in [3.8, 4) is 0 Å². The number of hydrogen-bond donors (Lipinski definition) is 2. The fourth-order valence-electron chi connectivity index (χ4n) is 1.73. The highest BCUT2D eigenvalue weighted by Crippen LogP contribution is 2.18. The van der Waals surface area contributed by atoms with Crippen molar-refractivity contribution >= 4 is 17.5 Å². The Labute approximate surface area is 106 Å². The highest BCUT2D eigenvalue weighted by Gasteiger charge is 2.25. The van der Waals surface area contributed by atoms with E-state index in [-0.39, 0.29) is 17.7 Å². The quantitative estimate of drug-likeness (QED) is 0.820. The average Bonchev–Trinajstić information content (AvgIpc) is 2.26. The number of para-hydroxylation sites is 1. The first-order valence-electron chi connectivity index (χ1n) is 5.92. The lowest BCUT2D eigenvalue weighted by molar-refractivity contribution is -0.121. The van der Waals surface area contributed by atoms with Crippen LogP contribution in [0.25, 0.3) is 0 Å². The Morgan fingerprint density at radius 2 is 1.94 bits per heavy atom. The molecule has 2 rings (SSSR count). The monoisotopic (exact) mass is 247 g/mol. The Kier molecular flexibility index (Phi) is 3.62. The van der Waals surface area contributed by atoms with Crippen LogP contribution >= 0.6 is 0 Å². The fourth-order valence-corrected chi connectivity index (χ4v) is 1.73. The zero-order valence-electron chi connectivity index (χ0n) is 10.6. The van der Waals surface area contributed by atoms with Crippen LogP contribution in [0.5, 0.6) is 0 Å². The number of rotatable bonds is 3. The van der Waals surface area contributed by atoms with Crippen molar-refractivity contribution < 1.29 is 9.59 Å². The summed E-state index contributed by atoms with van der Waals surface area (Å²) in [5, 5.41) is 5.87. The molecule has 5 heteroatoms. The molecule has 1 aromatic carbocycles. The van der Waals surface area contributed by atoms with Gasteiger partial charge in [-0.3, -0.25) is 9.59 Å². The van der Waals surface area contributed by atoms with E-state index in [1.165, 1.54) is 4.90 Å². The number of anilines is 1. The third-order valence-electron chi connectivity index (χ3n) is 2.97. The highest BCUT2D eigenvalue weighted by molar-refractivity contribution is 6.04. The Hall–Kier alpha value is -1.88. The molecule has 18 heavy (non-hydrogen) atoms. The third kappa shape index (κ3) is 2.51. The molecule has 96 valence electrons. The van der Waals surface area contributed by atoms with Crippen LogP contribution < -0.4 is 10.6 Å². The van der Waals surface area contributed by atoms with Gasteiger partial charge in [0.15, 0.2) is 0 Å². The predicted octanol–water partition coefficient (Wildman–Crippen LogP) is 0.546. The van der Waals surface area contributed by atoms with Crippen molar-refractivity contribution in [3.63, 3.8) is 0 Å². The van der Waals surface area contributed by atoms with Crippen LogP contribution in [0.1, 0.15) is 10.4 Å². The van der Waals surface area contributed by atoms with Gasteiger partial charge < -0.3 is 15.5 Å². The summed E-state index contributed by atoms with van der Waals surface area (Å²) < 4.78 is 0. The van der Waals surface area contributed by atoms with Gasteiger partial charge in [0.05, 0.1) is 17.2 Å². The largest absolute Gasteiger partial charge is 0.345 e. The molecule has 0 atom stereocenters. The summed E-state index contributed by atoms with van der Waals surface area (Å²) in [4.78, 5) is 25.3. The second-order valence-corrected chi connectivity index (χ2v) is 4.59. The second-order valence-electron chi connectivity index (χ2n) is 4.59. The first-order valence-corrected chi connectivity index (χ1v) is 5.92. The molecule has 0 aromatic heterocycles. The molecule has 1 heterocycles. The Balaban J connectivity index is 2.16. The van der Waals surface area contributed by atoms with Crippen molar-refractivity contribution in [1.82, 2.24) is 10.2 Å². The molecule has 2 amide bonds. The van der Waals surface area contributed by atoms with Gasteiger partial charge in [0.25, 0.3) is 5.91 Å². The summed E-state index contributed by atoms with van der Waals surface area (Å²) in [5.41, 5.74) is 1.09. The molecular weight excluding hydrogens is 230 g/mol. The van der Waals surface area contributed by atoms with E-state index in [1.54, 1.807) is 38.4 Å². The lowest BCUT2D eigenvalue weighted by atomic mass is 10.0. The van der Waals surface area contributed by atoms with E-state index < -0.39 is 0 Å². The van der Waals surface area contributed by atoms with Crippen LogP contribution in [-0.4, -0.2) is 43.9 Å². The zero-order valence-corrected chi connectivity index (χ0v) is 10.6. The SMILES string of the molecule is CN(C)C(=O)c1ccccc1NC(=O)C1CNC1. The Morgan fingerprint density at radius 1 is 1.28 bits per heavy atom. The van der Waals surface area contributed by atoms with E-state index in [1.807, 2.05) is 0 Å². The van der Waals surface area contributed by atoms with E-state index in [4.69, 9.17) is 0 Å². The van der Waals surface area contributed by atoms with Crippen molar-refractivity contribution in [2.45, 2.75) is 0 Å². The Morgan fingerprint density at radius 3 is 2.50 bits per heavy atom. The maximum Gasteiger partial charge on any atom is 0.255 e. The van der Waals surface area contributed by atoms with E-state index in [0.29, 0.717) is 24.3 Å². The number of amides is 2. The second kappa shape index (κ2) is 5.18. The summed E-state index contributed by atoms with van der Waals surface area (Å²) in [7, 11) is 3.38. The van der Waals surface area contributed by atoms with Crippen molar-refractivity contribution in [1.29, 1.82) is 0 Å². The number of nitrogens with one attached hydrogen (secondary N) is 2. The standard InChI is InChI=1S/C13H17N3O2/c1-16(2)13(18)10-5-3-4-6-11(10)15-12(17)9-7-14-8-9/h3-6,9,14H,7-8H2,1-2H3,(H,15,17). The summed E-state index contributed by atoms with van der Waals surface area (Å²) in [6.07, 6.45) is 0. The maximum atomic E-state index is 12.0. The molecule has 1 aromatic rings. The smallest absolute Gasteiger partial charge is 0.255 e. The molecule has 0 bridgehead atoms. The molecule has 0 aliphatic carbocycles. The summed E-state index contributed by atoms with van der Waals surface area (Å²) in [6, 6.07) is 7.07. The average molecular weight is 247 g/mol. The van der Waals surface area contributed by atoms with E-state index in [0.717, 1.165) is 0 Å². The summed E-state index contributed by atoms with van der Waals surface area (Å²) >= 11 is 0. The minimum Gasteiger partial charge on any atom is -0.345 e. The van der Waals surface area contributed by atoms with Crippen molar-refractivity contribution in [2.24, 2.45) is 5.92 Å². The predicted molar refractivity (Wildman–Crippen MR) is 69.4 cm³/mol. The van der Waals surface area contributed by atoms with E-state index in [9.17, 15) is 9.59 Å². The molecule has 0 radical (unpaired) electrons. The maximum absolute atomic E-state index is 12.0. The molecule has 1 aliphatic rings. The molecule has 5 nitrogen and oxygen atoms in total. The van der Waals surface area contributed by atoms with Crippen LogP contribution in [-0.2, 0) is 4.79 Å². The highest BCUT2D eigenvalue weighted by atomic mass is 16.2. The molecule has 0 unspecified atom stereocenters. The molecule has 1 fully saturated rings. The van der Waals surface area contributed by atoms with E-state index in [2.05, 4.69) is 10.6 Å². The molecule has 1 aliphatic heterocycles. The van der Waals surface area contributed by atoms with Crippen LogP contribution in [0.3, 0.4) is 0 Å². The summed E-state index contributed by atoms with van der Waals surface area (Å²) in [6.45, 7) is 1.41. The number of carbonyl (C=O) groups excluding carboxylic acids is 2. The fraction of sp³-hybridized carbons (Fsp3) is 0.385. The third-order valence-corrected chi connectivity index (χ3v) is 2.97. The van der Waals surface area contributed by atoms with Gasteiger partial charge in [-0.05, 0) is 12.1 Å². The van der Waals surface area contributed by atoms with Crippen LogP contribution in [0, 0.1) is 5.92 Å². The number of benzene rings is 1. The van der Waals surface area contributed by atoms with Gasteiger partial charge in [-0.2, -0.15) is 0 Å².